The van der Waals surface area contributed by atoms with Crippen LogP contribution < -0.4 is 5.32 Å². The van der Waals surface area contributed by atoms with Crippen molar-refractivity contribution in [3.63, 3.8) is 0 Å². The minimum absolute atomic E-state index is 0.368. The van der Waals surface area contributed by atoms with Crippen LogP contribution in [0.15, 0.2) is 0 Å². The lowest BCUT2D eigenvalue weighted by atomic mass is 10.1. The fourth-order valence-electron chi connectivity index (χ4n) is 2.80. The minimum atomic E-state index is 0.368. The van der Waals surface area contributed by atoms with Crippen LogP contribution in [0.1, 0.15) is 71.6 Å². The lowest BCUT2D eigenvalue weighted by Crippen LogP contribution is -2.41. The Balaban J connectivity index is 2.22. The Bertz CT molecular complexity index is 237. The smallest absolute Gasteiger partial charge is 0.222 e. The lowest BCUT2D eigenvalue weighted by Gasteiger charge is -2.25. The number of rotatable bonds is 10. The van der Waals surface area contributed by atoms with Crippen molar-refractivity contribution in [3.8, 4) is 0 Å². The van der Waals surface area contributed by atoms with Crippen LogP contribution in [0.2, 0.25) is 0 Å². The Hall–Kier alpha value is -0.570. The molecule has 1 atom stereocenters. The maximum atomic E-state index is 12.3. The number of hydrogen-bond acceptors (Lipinski definition) is 2. The summed E-state index contributed by atoms with van der Waals surface area (Å²) in [5.74, 6) is 0.368. The Morgan fingerprint density at radius 2 is 1.95 bits per heavy atom. The molecule has 0 radical (unpaired) electrons. The van der Waals surface area contributed by atoms with Gasteiger partial charge in [0, 0.05) is 25.6 Å². The van der Waals surface area contributed by atoms with Gasteiger partial charge < -0.3 is 10.2 Å². The topological polar surface area (TPSA) is 32.3 Å². The highest BCUT2D eigenvalue weighted by Crippen LogP contribution is 2.11. The monoisotopic (exact) mass is 268 g/mol. The summed E-state index contributed by atoms with van der Waals surface area (Å²) in [5.41, 5.74) is 0. The lowest BCUT2D eigenvalue weighted by molar-refractivity contribution is -0.131. The summed E-state index contributed by atoms with van der Waals surface area (Å²) < 4.78 is 0. The summed E-state index contributed by atoms with van der Waals surface area (Å²) in [7, 11) is 0. The van der Waals surface area contributed by atoms with Crippen LogP contribution in [-0.2, 0) is 4.79 Å². The third-order valence-corrected chi connectivity index (χ3v) is 3.94. The maximum absolute atomic E-state index is 12.3. The van der Waals surface area contributed by atoms with Gasteiger partial charge in [-0.3, -0.25) is 4.79 Å². The average molecular weight is 268 g/mol. The van der Waals surface area contributed by atoms with Crippen LogP contribution in [0.3, 0.4) is 0 Å². The van der Waals surface area contributed by atoms with E-state index in [0.717, 1.165) is 38.9 Å². The van der Waals surface area contributed by atoms with E-state index in [-0.39, 0.29) is 0 Å². The third kappa shape index (κ3) is 6.95. The van der Waals surface area contributed by atoms with Gasteiger partial charge in [-0.1, -0.05) is 39.5 Å². The summed E-state index contributed by atoms with van der Waals surface area (Å²) in [5, 5.41) is 3.49. The van der Waals surface area contributed by atoms with Crippen molar-refractivity contribution >= 4 is 5.91 Å². The molecule has 1 amide bonds. The third-order valence-electron chi connectivity index (χ3n) is 3.94. The van der Waals surface area contributed by atoms with Crippen LogP contribution >= 0.6 is 0 Å². The van der Waals surface area contributed by atoms with Gasteiger partial charge >= 0.3 is 0 Å². The number of nitrogens with one attached hydrogen (secondary N) is 1. The van der Waals surface area contributed by atoms with Gasteiger partial charge in [-0.15, -0.1) is 0 Å². The van der Waals surface area contributed by atoms with Crippen molar-refractivity contribution < 1.29 is 4.79 Å². The van der Waals surface area contributed by atoms with E-state index in [1.807, 2.05) is 0 Å². The molecular weight excluding hydrogens is 236 g/mol. The van der Waals surface area contributed by atoms with Gasteiger partial charge in [0.05, 0.1) is 0 Å². The van der Waals surface area contributed by atoms with E-state index in [2.05, 4.69) is 24.1 Å². The molecule has 1 fully saturated rings. The fraction of sp³-hybridized carbons (Fsp3) is 0.938. The maximum Gasteiger partial charge on any atom is 0.222 e. The minimum Gasteiger partial charge on any atom is -0.341 e. The number of nitrogens with zero attached hydrogens (tertiary/aromatic N) is 1. The molecule has 0 aromatic rings. The van der Waals surface area contributed by atoms with Crippen LogP contribution in [0.25, 0.3) is 0 Å². The van der Waals surface area contributed by atoms with Gasteiger partial charge in [0.15, 0.2) is 0 Å². The molecule has 3 nitrogen and oxygen atoms in total. The van der Waals surface area contributed by atoms with Crippen molar-refractivity contribution in [2.45, 2.75) is 77.7 Å². The molecular formula is C16H32N2O. The van der Waals surface area contributed by atoms with Crippen LogP contribution in [0.5, 0.6) is 0 Å². The standard InChI is InChI=1S/C16H32N2O/c1-3-5-6-7-8-11-16(19)18(13-4-2)14-15-10-9-12-17-15/h15,17H,3-14H2,1-2H3. The molecule has 1 aliphatic rings. The first-order chi connectivity index (χ1) is 9.27. The fourth-order valence-corrected chi connectivity index (χ4v) is 2.80. The predicted molar refractivity (Wildman–Crippen MR) is 81.3 cm³/mol. The van der Waals surface area contributed by atoms with Gasteiger partial charge in [0.2, 0.25) is 5.91 Å². The molecule has 1 aliphatic heterocycles. The van der Waals surface area contributed by atoms with Crippen molar-refractivity contribution in [1.29, 1.82) is 0 Å². The van der Waals surface area contributed by atoms with Crippen molar-refractivity contribution in [1.82, 2.24) is 10.2 Å². The Morgan fingerprint density at radius 3 is 2.58 bits per heavy atom. The molecule has 1 unspecified atom stereocenters. The average Bonchev–Trinajstić information content (AvgIpc) is 2.91. The molecule has 3 heteroatoms. The zero-order chi connectivity index (χ0) is 13.9. The van der Waals surface area contributed by atoms with E-state index in [1.165, 1.54) is 38.5 Å². The molecule has 0 aliphatic carbocycles. The largest absolute Gasteiger partial charge is 0.341 e. The highest BCUT2D eigenvalue weighted by Gasteiger charge is 2.20. The van der Waals surface area contributed by atoms with Crippen LogP contribution in [0, 0.1) is 0 Å². The molecule has 0 bridgehead atoms. The Morgan fingerprint density at radius 1 is 1.16 bits per heavy atom. The molecule has 0 saturated carbocycles. The van der Waals surface area contributed by atoms with E-state index >= 15 is 0 Å². The second kappa shape index (κ2) is 10.2. The first-order valence-corrected chi connectivity index (χ1v) is 8.29. The Labute approximate surface area is 119 Å². The summed E-state index contributed by atoms with van der Waals surface area (Å²) >= 11 is 0. The molecule has 0 aromatic heterocycles. The zero-order valence-corrected chi connectivity index (χ0v) is 12.9. The van der Waals surface area contributed by atoms with E-state index in [4.69, 9.17) is 0 Å². The van der Waals surface area contributed by atoms with Gasteiger partial charge in [0.1, 0.15) is 0 Å². The molecule has 1 heterocycles. The second-order valence-corrected chi connectivity index (χ2v) is 5.80. The Kier molecular flexibility index (Phi) is 8.89. The molecule has 1 saturated heterocycles. The number of carbonyl (C=O) groups is 1. The van der Waals surface area contributed by atoms with Gasteiger partial charge in [-0.2, -0.15) is 0 Å². The van der Waals surface area contributed by atoms with Gasteiger partial charge in [-0.25, -0.2) is 0 Å². The van der Waals surface area contributed by atoms with Crippen LogP contribution in [-0.4, -0.2) is 36.5 Å². The first-order valence-electron chi connectivity index (χ1n) is 8.29. The molecule has 1 N–H and O–H groups in total. The quantitative estimate of drug-likeness (QED) is 0.616. The SMILES string of the molecule is CCCCCCCC(=O)N(CCC)CC1CCCN1. The van der Waals surface area contributed by atoms with Crippen molar-refractivity contribution in [3.05, 3.63) is 0 Å². The molecule has 0 spiro atoms. The van der Waals surface area contributed by atoms with E-state index < -0.39 is 0 Å². The predicted octanol–water partition coefficient (Wildman–Crippen LogP) is 3.34. The highest BCUT2D eigenvalue weighted by molar-refractivity contribution is 5.76. The number of unbranched alkanes of at least 4 members (excludes halogenated alkanes) is 4. The van der Waals surface area contributed by atoms with Gasteiger partial charge in [0.25, 0.3) is 0 Å². The van der Waals surface area contributed by atoms with Crippen LogP contribution in [0.4, 0.5) is 0 Å². The second-order valence-electron chi connectivity index (χ2n) is 5.80. The normalized spacial score (nSPS) is 18.7. The summed E-state index contributed by atoms with van der Waals surface area (Å²) in [4.78, 5) is 14.3. The number of hydrogen-bond donors (Lipinski definition) is 1. The van der Waals surface area contributed by atoms with Gasteiger partial charge in [-0.05, 0) is 32.2 Å². The number of amides is 1. The zero-order valence-electron chi connectivity index (χ0n) is 12.9. The first kappa shape index (κ1) is 16.5. The van der Waals surface area contributed by atoms with Crippen molar-refractivity contribution in [2.75, 3.05) is 19.6 Å². The molecule has 112 valence electrons. The number of carbonyl (C=O) groups excluding carboxylic acids is 1. The highest BCUT2D eigenvalue weighted by atomic mass is 16.2. The van der Waals surface area contributed by atoms with Crippen molar-refractivity contribution in [2.24, 2.45) is 0 Å². The van der Waals surface area contributed by atoms with E-state index in [1.54, 1.807) is 0 Å². The molecule has 19 heavy (non-hydrogen) atoms. The summed E-state index contributed by atoms with van der Waals surface area (Å²) in [6.45, 7) is 7.34. The van der Waals surface area contributed by atoms with E-state index in [0.29, 0.717) is 11.9 Å². The molecule has 0 aromatic carbocycles. The summed E-state index contributed by atoms with van der Waals surface area (Å²) in [6, 6.07) is 0.538. The molecule has 1 rings (SSSR count). The van der Waals surface area contributed by atoms with E-state index in [9.17, 15) is 4.79 Å². The summed E-state index contributed by atoms with van der Waals surface area (Å²) in [6.07, 6.45) is 10.4.